The lowest BCUT2D eigenvalue weighted by Gasteiger charge is -2.23. The highest BCUT2D eigenvalue weighted by molar-refractivity contribution is 6.02. The fourth-order valence-electron chi connectivity index (χ4n) is 2.40. The highest BCUT2D eigenvalue weighted by Gasteiger charge is 2.18. The van der Waals surface area contributed by atoms with E-state index in [2.05, 4.69) is 5.32 Å². The Bertz CT molecular complexity index is 822. The van der Waals surface area contributed by atoms with Crippen molar-refractivity contribution >= 4 is 23.2 Å². The molecule has 24 heavy (non-hydrogen) atoms. The van der Waals surface area contributed by atoms with E-state index >= 15 is 0 Å². The van der Waals surface area contributed by atoms with E-state index in [0.29, 0.717) is 16.9 Å². The lowest BCUT2D eigenvalue weighted by molar-refractivity contribution is -0.120. The largest absolute Gasteiger partial charge is 0.323 e. The summed E-state index contributed by atoms with van der Waals surface area (Å²) in [5, 5.41) is 11.8. The first kappa shape index (κ1) is 17.2. The molecule has 1 N–H and O–H groups in total. The van der Waals surface area contributed by atoms with Gasteiger partial charge in [0.1, 0.15) is 12.6 Å². The van der Waals surface area contributed by atoms with Gasteiger partial charge in [0.25, 0.3) is 0 Å². The highest BCUT2D eigenvalue weighted by atomic mass is 16.2. The van der Waals surface area contributed by atoms with Gasteiger partial charge in [-0.2, -0.15) is 5.26 Å². The van der Waals surface area contributed by atoms with E-state index in [-0.39, 0.29) is 18.4 Å². The third kappa shape index (κ3) is 3.99. The van der Waals surface area contributed by atoms with Crippen molar-refractivity contribution < 1.29 is 9.59 Å². The third-order valence-corrected chi connectivity index (χ3v) is 3.66. The van der Waals surface area contributed by atoms with Gasteiger partial charge < -0.3 is 10.2 Å². The molecule has 0 aliphatic carbocycles. The van der Waals surface area contributed by atoms with Crippen LogP contribution >= 0.6 is 0 Å². The number of nitrogens with zero attached hydrogens (tertiary/aromatic N) is 2. The smallest absolute Gasteiger partial charge is 0.244 e. The molecule has 5 heteroatoms. The van der Waals surface area contributed by atoms with Crippen LogP contribution in [0.15, 0.2) is 42.5 Å². The number of carbonyl (C=O) groups excluding carboxylic acids is 2. The number of amides is 2. The van der Waals surface area contributed by atoms with Gasteiger partial charge in [-0.1, -0.05) is 24.3 Å². The van der Waals surface area contributed by atoms with Crippen LogP contribution in [0.2, 0.25) is 0 Å². The number of anilines is 2. The Morgan fingerprint density at radius 2 is 1.88 bits per heavy atom. The summed E-state index contributed by atoms with van der Waals surface area (Å²) in [7, 11) is 0. The number of nitriles is 1. The number of rotatable bonds is 4. The van der Waals surface area contributed by atoms with Gasteiger partial charge in [-0.15, -0.1) is 0 Å². The second kappa shape index (κ2) is 7.42. The number of carbonyl (C=O) groups is 2. The topological polar surface area (TPSA) is 73.2 Å². The minimum atomic E-state index is -0.353. The molecule has 0 bridgehead atoms. The molecule has 0 heterocycles. The first-order valence-corrected chi connectivity index (χ1v) is 7.56. The van der Waals surface area contributed by atoms with Crippen LogP contribution in [0.1, 0.15) is 23.6 Å². The van der Waals surface area contributed by atoms with Crippen LogP contribution in [0.5, 0.6) is 0 Å². The van der Waals surface area contributed by atoms with Crippen molar-refractivity contribution in [3.8, 4) is 6.07 Å². The molecule has 0 aliphatic heterocycles. The molecule has 2 rings (SSSR count). The maximum Gasteiger partial charge on any atom is 0.244 e. The first-order chi connectivity index (χ1) is 11.4. The molecular weight excluding hydrogens is 302 g/mol. The van der Waals surface area contributed by atoms with Crippen LogP contribution in [0, 0.1) is 25.2 Å². The summed E-state index contributed by atoms with van der Waals surface area (Å²) in [4.78, 5) is 25.8. The Balaban J connectivity index is 2.22. The lowest BCUT2D eigenvalue weighted by atomic mass is 10.1. The number of benzene rings is 2. The zero-order valence-electron chi connectivity index (χ0n) is 14.0. The summed E-state index contributed by atoms with van der Waals surface area (Å²) in [6, 6.07) is 14.5. The number of aryl methyl sites for hydroxylation is 2. The van der Waals surface area contributed by atoms with Gasteiger partial charge >= 0.3 is 0 Å². The van der Waals surface area contributed by atoms with E-state index in [1.54, 1.807) is 24.3 Å². The third-order valence-electron chi connectivity index (χ3n) is 3.66. The van der Waals surface area contributed by atoms with Crippen LogP contribution in [0.25, 0.3) is 0 Å². The molecule has 2 aromatic carbocycles. The van der Waals surface area contributed by atoms with Gasteiger partial charge in [0.2, 0.25) is 11.8 Å². The summed E-state index contributed by atoms with van der Waals surface area (Å²) < 4.78 is 0. The molecule has 0 spiro atoms. The van der Waals surface area contributed by atoms with Crippen LogP contribution in [0.3, 0.4) is 0 Å². The SMILES string of the molecule is CC(=O)N(CC(=O)Nc1ccccc1C#N)c1cc(C)ccc1C. The van der Waals surface area contributed by atoms with Gasteiger partial charge in [0, 0.05) is 12.6 Å². The number of para-hydroxylation sites is 1. The molecule has 0 aromatic heterocycles. The Morgan fingerprint density at radius 3 is 2.54 bits per heavy atom. The van der Waals surface area contributed by atoms with Crippen molar-refractivity contribution in [1.82, 2.24) is 0 Å². The predicted molar refractivity (Wildman–Crippen MR) is 93.7 cm³/mol. The Kier molecular flexibility index (Phi) is 5.33. The number of hydrogen-bond acceptors (Lipinski definition) is 3. The quantitative estimate of drug-likeness (QED) is 0.940. The van der Waals surface area contributed by atoms with Crippen molar-refractivity contribution in [2.75, 3.05) is 16.8 Å². The van der Waals surface area contributed by atoms with Crippen molar-refractivity contribution in [3.63, 3.8) is 0 Å². The summed E-state index contributed by atoms with van der Waals surface area (Å²) in [5.74, 6) is -0.568. The van der Waals surface area contributed by atoms with Crippen molar-refractivity contribution in [2.24, 2.45) is 0 Å². The normalized spacial score (nSPS) is 9.92. The molecule has 0 unspecified atom stereocenters. The van der Waals surface area contributed by atoms with Gasteiger partial charge in [0.05, 0.1) is 11.3 Å². The second-order valence-corrected chi connectivity index (χ2v) is 5.60. The predicted octanol–water partition coefficient (Wildman–Crippen LogP) is 3.17. The van der Waals surface area contributed by atoms with E-state index in [1.165, 1.54) is 11.8 Å². The minimum absolute atomic E-state index is 0.112. The molecule has 0 atom stereocenters. The highest BCUT2D eigenvalue weighted by Crippen LogP contribution is 2.22. The van der Waals surface area contributed by atoms with E-state index < -0.39 is 0 Å². The van der Waals surface area contributed by atoms with E-state index in [4.69, 9.17) is 5.26 Å². The standard InChI is InChI=1S/C19H19N3O2/c1-13-8-9-14(2)18(10-13)22(15(3)23)12-19(24)21-17-7-5-4-6-16(17)11-20/h4-10H,12H2,1-3H3,(H,21,24). The minimum Gasteiger partial charge on any atom is -0.323 e. The van der Waals surface area contributed by atoms with Crippen LogP contribution in [-0.2, 0) is 9.59 Å². The molecule has 0 saturated heterocycles. The fraction of sp³-hybridized carbons (Fsp3) is 0.211. The van der Waals surface area contributed by atoms with Gasteiger partial charge in [-0.05, 0) is 43.2 Å². The summed E-state index contributed by atoms with van der Waals surface area (Å²) in [6.45, 7) is 5.15. The summed E-state index contributed by atoms with van der Waals surface area (Å²) in [6.07, 6.45) is 0. The van der Waals surface area contributed by atoms with Gasteiger partial charge in [-0.3, -0.25) is 9.59 Å². The van der Waals surface area contributed by atoms with Crippen LogP contribution < -0.4 is 10.2 Å². The molecule has 0 fully saturated rings. The zero-order chi connectivity index (χ0) is 17.7. The Labute approximate surface area is 141 Å². The molecule has 122 valence electrons. The van der Waals surface area contributed by atoms with Crippen LogP contribution in [-0.4, -0.2) is 18.4 Å². The Hall–Kier alpha value is -3.13. The van der Waals surface area contributed by atoms with Crippen molar-refractivity contribution in [2.45, 2.75) is 20.8 Å². The van der Waals surface area contributed by atoms with Gasteiger partial charge in [-0.25, -0.2) is 0 Å². The van der Waals surface area contributed by atoms with Crippen molar-refractivity contribution in [1.29, 1.82) is 5.26 Å². The van der Waals surface area contributed by atoms with E-state index in [9.17, 15) is 9.59 Å². The average Bonchev–Trinajstić information content (AvgIpc) is 2.55. The van der Waals surface area contributed by atoms with E-state index in [1.807, 2.05) is 38.1 Å². The Morgan fingerprint density at radius 1 is 1.17 bits per heavy atom. The fourth-order valence-corrected chi connectivity index (χ4v) is 2.40. The summed E-state index contributed by atoms with van der Waals surface area (Å²) >= 11 is 0. The lowest BCUT2D eigenvalue weighted by Crippen LogP contribution is -2.37. The maximum absolute atomic E-state index is 12.4. The molecule has 0 saturated carbocycles. The van der Waals surface area contributed by atoms with Crippen molar-refractivity contribution in [3.05, 3.63) is 59.2 Å². The summed E-state index contributed by atoms with van der Waals surface area (Å²) in [5.41, 5.74) is 3.46. The molecule has 2 aromatic rings. The van der Waals surface area contributed by atoms with Crippen LogP contribution in [0.4, 0.5) is 11.4 Å². The maximum atomic E-state index is 12.4. The molecule has 5 nitrogen and oxygen atoms in total. The number of hydrogen-bond donors (Lipinski definition) is 1. The molecular formula is C19H19N3O2. The molecule has 0 radical (unpaired) electrons. The number of nitrogens with one attached hydrogen (secondary N) is 1. The van der Waals surface area contributed by atoms with E-state index in [0.717, 1.165) is 11.1 Å². The molecule has 0 aliphatic rings. The zero-order valence-corrected chi connectivity index (χ0v) is 14.0. The molecule has 2 amide bonds. The average molecular weight is 321 g/mol. The first-order valence-electron chi connectivity index (χ1n) is 7.56. The second-order valence-electron chi connectivity index (χ2n) is 5.60. The van der Waals surface area contributed by atoms with Gasteiger partial charge in [0.15, 0.2) is 0 Å². The monoisotopic (exact) mass is 321 g/mol.